The standard InChI is InChI=1S/C14H22N4O/c15-9-14(6-2-1-3-7-14)18-11-8-12(19)17-13(16-11)10-4-5-10/h8,10H,1-7,9,15H2,(H2,16,17,18,19). The van der Waals surface area contributed by atoms with E-state index in [1.807, 2.05) is 0 Å². The molecule has 3 rings (SSSR count). The highest BCUT2D eigenvalue weighted by atomic mass is 16.1. The third-order valence-corrected chi connectivity index (χ3v) is 4.32. The molecule has 2 fully saturated rings. The van der Waals surface area contributed by atoms with Crippen molar-refractivity contribution in [1.29, 1.82) is 0 Å². The fraction of sp³-hybridized carbons (Fsp3) is 0.714. The first-order valence-electron chi connectivity index (χ1n) is 7.30. The van der Waals surface area contributed by atoms with Gasteiger partial charge in [0.1, 0.15) is 11.6 Å². The minimum atomic E-state index is -0.0696. The van der Waals surface area contributed by atoms with Crippen molar-refractivity contribution in [1.82, 2.24) is 9.97 Å². The van der Waals surface area contributed by atoms with Gasteiger partial charge < -0.3 is 16.0 Å². The molecule has 5 heteroatoms. The van der Waals surface area contributed by atoms with E-state index < -0.39 is 0 Å². The van der Waals surface area contributed by atoms with Crippen molar-refractivity contribution in [2.24, 2.45) is 5.73 Å². The highest BCUT2D eigenvalue weighted by Crippen LogP contribution is 2.38. The van der Waals surface area contributed by atoms with Crippen molar-refractivity contribution in [2.75, 3.05) is 11.9 Å². The van der Waals surface area contributed by atoms with Crippen LogP contribution < -0.4 is 16.6 Å². The van der Waals surface area contributed by atoms with E-state index in [0.29, 0.717) is 18.3 Å². The number of hydrogen-bond acceptors (Lipinski definition) is 4. The van der Waals surface area contributed by atoms with Gasteiger partial charge in [-0.25, -0.2) is 4.98 Å². The van der Waals surface area contributed by atoms with Gasteiger partial charge in [0.2, 0.25) is 0 Å². The largest absolute Gasteiger partial charge is 0.363 e. The molecule has 19 heavy (non-hydrogen) atoms. The molecule has 0 saturated heterocycles. The first-order valence-corrected chi connectivity index (χ1v) is 7.30. The van der Waals surface area contributed by atoms with Crippen LogP contribution in [0.15, 0.2) is 10.9 Å². The summed E-state index contributed by atoms with van der Waals surface area (Å²) in [5.41, 5.74) is 5.82. The molecule has 0 atom stereocenters. The van der Waals surface area contributed by atoms with E-state index in [1.165, 1.54) is 19.3 Å². The van der Waals surface area contributed by atoms with Crippen molar-refractivity contribution in [2.45, 2.75) is 56.4 Å². The van der Waals surface area contributed by atoms with E-state index in [2.05, 4.69) is 15.3 Å². The zero-order chi connectivity index (χ0) is 13.3. The Morgan fingerprint density at radius 2 is 2.11 bits per heavy atom. The van der Waals surface area contributed by atoms with Crippen molar-refractivity contribution in [3.63, 3.8) is 0 Å². The predicted molar refractivity (Wildman–Crippen MR) is 75.3 cm³/mol. The third kappa shape index (κ3) is 2.81. The van der Waals surface area contributed by atoms with E-state index in [-0.39, 0.29) is 11.1 Å². The average molecular weight is 262 g/mol. The Kier molecular flexibility index (Phi) is 3.31. The zero-order valence-electron chi connectivity index (χ0n) is 11.2. The number of nitrogens with two attached hydrogens (primary N) is 1. The minimum absolute atomic E-state index is 0.0672. The van der Waals surface area contributed by atoms with Gasteiger partial charge in [-0.3, -0.25) is 4.79 Å². The second kappa shape index (κ2) is 4.96. The molecule has 4 N–H and O–H groups in total. The number of nitrogens with zero attached hydrogens (tertiary/aromatic N) is 1. The summed E-state index contributed by atoms with van der Waals surface area (Å²) >= 11 is 0. The highest BCUT2D eigenvalue weighted by Gasteiger charge is 2.32. The maximum atomic E-state index is 11.7. The molecular formula is C14H22N4O. The van der Waals surface area contributed by atoms with Gasteiger partial charge in [-0.05, 0) is 25.7 Å². The molecule has 0 radical (unpaired) electrons. The topological polar surface area (TPSA) is 83.8 Å². The van der Waals surface area contributed by atoms with Gasteiger partial charge in [-0.15, -0.1) is 0 Å². The molecule has 5 nitrogen and oxygen atoms in total. The van der Waals surface area contributed by atoms with E-state index in [0.717, 1.165) is 31.5 Å². The lowest BCUT2D eigenvalue weighted by Crippen LogP contribution is -2.47. The third-order valence-electron chi connectivity index (χ3n) is 4.32. The average Bonchev–Trinajstić information content (AvgIpc) is 3.23. The molecular weight excluding hydrogens is 240 g/mol. The Morgan fingerprint density at radius 3 is 2.74 bits per heavy atom. The van der Waals surface area contributed by atoms with Gasteiger partial charge in [-0.1, -0.05) is 19.3 Å². The van der Waals surface area contributed by atoms with Gasteiger partial charge >= 0.3 is 0 Å². The molecule has 0 amide bonds. The van der Waals surface area contributed by atoms with Crippen molar-refractivity contribution < 1.29 is 0 Å². The van der Waals surface area contributed by atoms with Crippen LogP contribution in [0.1, 0.15) is 56.7 Å². The Morgan fingerprint density at radius 1 is 1.37 bits per heavy atom. The summed E-state index contributed by atoms with van der Waals surface area (Å²) in [5.74, 6) is 1.98. The lowest BCUT2D eigenvalue weighted by Gasteiger charge is -2.37. The monoisotopic (exact) mass is 262 g/mol. The first-order chi connectivity index (χ1) is 9.21. The number of aromatic amines is 1. The Labute approximate surface area is 113 Å². The number of hydrogen-bond donors (Lipinski definition) is 3. The first kappa shape index (κ1) is 12.7. The van der Waals surface area contributed by atoms with Crippen LogP contribution in [-0.4, -0.2) is 22.1 Å². The van der Waals surface area contributed by atoms with Crippen molar-refractivity contribution in [3.05, 3.63) is 22.2 Å². The van der Waals surface area contributed by atoms with Crippen LogP contribution in [0.5, 0.6) is 0 Å². The van der Waals surface area contributed by atoms with Crippen LogP contribution in [-0.2, 0) is 0 Å². The normalized spacial score (nSPS) is 22.2. The number of H-pyrrole nitrogens is 1. The molecule has 0 aromatic carbocycles. The molecule has 1 aromatic heterocycles. The molecule has 2 saturated carbocycles. The Bertz CT molecular complexity index is 500. The highest BCUT2D eigenvalue weighted by molar-refractivity contribution is 5.38. The molecule has 1 heterocycles. The molecule has 0 bridgehead atoms. The lowest BCUT2D eigenvalue weighted by atomic mass is 9.81. The molecule has 2 aliphatic carbocycles. The summed E-state index contributed by atoms with van der Waals surface area (Å²) in [7, 11) is 0. The van der Waals surface area contributed by atoms with Crippen molar-refractivity contribution in [3.8, 4) is 0 Å². The van der Waals surface area contributed by atoms with E-state index in [4.69, 9.17) is 5.73 Å². The number of rotatable bonds is 4. The maximum absolute atomic E-state index is 11.7. The van der Waals surface area contributed by atoms with Gasteiger partial charge in [0.25, 0.3) is 5.56 Å². The van der Waals surface area contributed by atoms with Crippen LogP contribution in [0, 0.1) is 0 Å². The summed E-state index contributed by atoms with van der Waals surface area (Å²) in [6.45, 7) is 0.597. The summed E-state index contributed by atoms with van der Waals surface area (Å²) < 4.78 is 0. The number of anilines is 1. The van der Waals surface area contributed by atoms with E-state index in [1.54, 1.807) is 6.07 Å². The second-order valence-electron chi connectivity index (χ2n) is 5.96. The Hall–Kier alpha value is -1.36. The summed E-state index contributed by atoms with van der Waals surface area (Å²) in [6, 6.07) is 1.55. The summed E-state index contributed by atoms with van der Waals surface area (Å²) in [4.78, 5) is 19.1. The lowest BCUT2D eigenvalue weighted by molar-refractivity contribution is 0.330. The fourth-order valence-electron chi connectivity index (χ4n) is 2.97. The number of aromatic nitrogens is 2. The van der Waals surface area contributed by atoms with Crippen LogP contribution in [0.25, 0.3) is 0 Å². The Balaban J connectivity index is 1.83. The van der Waals surface area contributed by atoms with Gasteiger partial charge in [0.05, 0.1) is 5.54 Å². The predicted octanol–water partition coefficient (Wildman–Crippen LogP) is 1.72. The quantitative estimate of drug-likeness (QED) is 0.771. The zero-order valence-corrected chi connectivity index (χ0v) is 11.2. The fourth-order valence-corrected chi connectivity index (χ4v) is 2.97. The van der Waals surface area contributed by atoms with Crippen LogP contribution in [0.2, 0.25) is 0 Å². The molecule has 0 spiro atoms. The van der Waals surface area contributed by atoms with Crippen LogP contribution in [0.4, 0.5) is 5.82 Å². The smallest absolute Gasteiger partial charge is 0.252 e. The van der Waals surface area contributed by atoms with Gasteiger partial charge in [-0.2, -0.15) is 0 Å². The van der Waals surface area contributed by atoms with E-state index >= 15 is 0 Å². The SMILES string of the molecule is NCC1(Nc2cc(=O)[nH]c(C3CC3)n2)CCCCC1. The summed E-state index contributed by atoms with van der Waals surface area (Å²) in [6.07, 6.45) is 8.07. The second-order valence-corrected chi connectivity index (χ2v) is 5.96. The number of nitrogens with one attached hydrogen (secondary N) is 2. The molecule has 0 aliphatic heterocycles. The van der Waals surface area contributed by atoms with Crippen LogP contribution in [0.3, 0.4) is 0 Å². The maximum Gasteiger partial charge on any atom is 0.252 e. The molecule has 0 unspecified atom stereocenters. The van der Waals surface area contributed by atoms with E-state index in [9.17, 15) is 4.79 Å². The molecule has 2 aliphatic rings. The van der Waals surface area contributed by atoms with Crippen LogP contribution >= 0.6 is 0 Å². The van der Waals surface area contributed by atoms with Gasteiger partial charge in [0, 0.05) is 18.5 Å². The van der Waals surface area contributed by atoms with Gasteiger partial charge in [0.15, 0.2) is 0 Å². The molecule has 1 aromatic rings. The molecule has 104 valence electrons. The summed E-state index contributed by atoms with van der Waals surface area (Å²) in [5, 5.41) is 3.45. The minimum Gasteiger partial charge on any atom is -0.363 e. The van der Waals surface area contributed by atoms with Crippen molar-refractivity contribution >= 4 is 5.82 Å².